The fourth-order valence-corrected chi connectivity index (χ4v) is 2.71. The molecule has 0 aliphatic heterocycles. The second-order valence-corrected chi connectivity index (χ2v) is 5.28. The Hall–Kier alpha value is -0.900. The summed E-state index contributed by atoms with van der Waals surface area (Å²) in [6, 6.07) is 8.63. The Balaban J connectivity index is 2.04. The van der Waals surface area contributed by atoms with Crippen LogP contribution in [-0.4, -0.2) is 0 Å². The van der Waals surface area contributed by atoms with Gasteiger partial charge in [0.15, 0.2) is 0 Å². The third-order valence-corrected chi connectivity index (χ3v) is 4.00. The van der Waals surface area contributed by atoms with Gasteiger partial charge in [0.1, 0.15) is 5.82 Å². The van der Waals surface area contributed by atoms with E-state index in [0.717, 1.165) is 12.8 Å². The molecule has 90 valence electrons. The maximum absolute atomic E-state index is 13.3. The Morgan fingerprint density at radius 1 is 1.29 bits per heavy atom. The molecule has 2 aromatic rings. The zero-order chi connectivity index (χ0) is 12.3. The molecule has 0 fully saturated rings. The summed E-state index contributed by atoms with van der Waals surface area (Å²) < 4.78 is 13.3. The van der Waals surface area contributed by atoms with Crippen molar-refractivity contribution in [3.05, 3.63) is 57.0 Å². The molecule has 2 rings (SSSR count). The average Bonchev–Trinajstić information content (AvgIpc) is 2.82. The minimum Gasteiger partial charge on any atom is -0.324 e. The van der Waals surface area contributed by atoms with Crippen LogP contribution in [0.15, 0.2) is 35.7 Å². The van der Waals surface area contributed by atoms with Gasteiger partial charge in [-0.15, -0.1) is 11.3 Å². The standard InChI is InChI=1S/C13H13ClFNS/c14-13-10(4-1-5-11(13)15)12(16)7-6-9-3-2-8-17-9/h1-5,8,12H,6-7,16H2. The van der Waals surface area contributed by atoms with E-state index in [1.807, 2.05) is 11.4 Å². The zero-order valence-corrected chi connectivity index (χ0v) is 10.8. The van der Waals surface area contributed by atoms with Crippen LogP contribution in [0.4, 0.5) is 4.39 Å². The van der Waals surface area contributed by atoms with Crippen molar-refractivity contribution in [3.8, 4) is 0 Å². The fourth-order valence-electron chi connectivity index (χ4n) is 1.71. The highest BCUT2D eigenvalue weighted by Crippen LogP contribution is 2.27. The predicted octanol–water partition coefficient (Wildman–Crippen LogP) is 4.17. The number of nitrogens with two attached hydrogens (primary N) is 1. The van der Waals surface area contributed by atoms with E-state index in [2.05, 4.69) is 6.07 Å². The van der Waals surface area contributed by atoms with E-state index >= 15 is 0 Å². The highest BCUT2D eigenvalue weighted by atomic mass is 35.5. The van der Waals surface area contributed by atoms with Gasteiger partial charge in [-0.1, -0.05) is 29.8 Å². The van der Waals surface area contributed by atoms with Crippen molar-refractivity contribution < 1.29 is 4.39 Å². The maximum atomic E-state index is 13.3. The Morgan fingerprint density at radius 3 is 2.82 bits per heavy atom. The molecule has 1 atom stereocenters. The largest absolute Gasteiger partial charge is 0.324 e. The first-order chi connectivity index (χ1) is 8.18. The van der Waals surface area contributed by atoms with Crippen molar-refractivity contribution in [2.45, 2.75) is 18.9 Å². The summed E-state index contributed by atoms with van der Waals surface area (Å²) in [5.74, 6) is -0.407. The van der Waals surface area contributed by atoms with Gasteiger partial charge >= 0.3 is 0 Å². The quantitative estimate of drug-likeness (QED) is 0.886. The van der Waals surface area contributed by atoms with Gasteiger partial charge in [0, 0.05) is 10.9 Å². The Labute approximate surface area is 109 Å². The SMILES string of the molecule is NC(CCc1cccs1)c1cccc(F)c1Cl. The molecule has 1 heterocycles. The third kappa shape index (κ3) is 3.06. The molecule has 1 aromatic carbocycles. The number of benzene rings is 1. The third-order valence-electron chi connectivity index (χ3n) is 2.66. The maximum Gasteiger partial charge on any atom is 0.142 e. The molecule has 0 amide bonds. The highest BCUT2D eigenvalue weighted by Gasteiger charge is 2.13. The van der Waals surface area contributed by atoms with Gasteiger partial charge in [-0.05, 0) is 35.9 Å². The van der Waals surface area contributed by atoms with Crippen molar-refractivity contribution in [1.82, 2.24) is 0 Å². The summed E-state index contributed by atoms with van der Waals surface area (Å²) in [4.78, 5) is 1.29. The van der Waals surface area contributed by atoms with Crippen LogP contribution in [0.25, 0.3) is 0 Å². The molecule has 1 unspecified atom stereocenters. The van der Waals surface area contributed by atoms with Gasteiger partial charge in [-0.3, -0.25) is 0 Å². The van der Waals surface area contributed by atoms with Crippen LogP contribution in [-0.2, 0) is 6.42 Å². The molecule has 0 aliphatic rings. The fraction of sp³-hybridized carbons (Fsp3) is 0.231. The number of hydrogen-bond acceptors (Lipinski definition) is 2. The van der Waals surface area contributed by atoms with Gasteiger partial charge in [-0.2, -0.15) is 0 Å². The topological polar surface area (TPSA) is 26.0 Å². The summed E-state index contributed by atoms with van der Waals surface area (Å²) in [7, 11) is 0. The predicted molar refractivity (Wildman–Crippen MR) is 71.0 cm³/mol. The number of thiophene rings is 1. The van der Waals surface area contributed by atoms with Crippen LogP contribution in [0.5, 0.6) is 0 Å². The van der Waals surface area contributed by atoms with Gasteiger partial charge in [0.2, 0.25) is 0 Å². The number of hydrogen-bond donors (Lipinski definition) is 1. The minimum atomic E-state index is -0.407. The molecule has 1 aromatic heterocycles. The molecule has 0 aliphatic carbocycles. The second kappa shape index (κ2) is 5.63. The van der Waals surface area contributed by atoms with Gasteiger partial charge in [0.25, 0.3) is 0 Å². The van der Waals surface area contributed by atoms with E-state index in [1.165, 1.54) is 10.9 Å². The molecule has 0 radical (unpaired) electrons. The Kier molecular flexibility index (Phi) is 4.15. The lowest BCUT2D eigenvalue weighted by molar-refractivity contribution is 0.610. The average molecular weight is 270 g/mol. The van der Waals surface area contributed by atoms with Crippen LogP contribution >= 0.6 is 22.9 Å². The lowest BCUT2D eigenvalue weighted by Gasteiger charge is -2.13. The number of halogens is 2. The Bertz CT molecular complexity index is 484. The normalized spacial score (nSPS) is 12.6. The summed E-state index contributed by atoms with van der Waals surface area (Å²) in [5.41, 5.74) is 6.72. The minimum absolute atomic E-state index is 0.145. The van der Waals surface area contributed by atoms with E-state index in [4.69, 9.17) is 17.3 Å². The molecule has 17 heavy (non-hydrogen) atoms. The van der Waals surface area contributed by atoms with Crippen molar-refractivity contribution in [2.24, 2.45) is 5.73 Å². The molecule has 0 saturated heterocycles. The number of aryl methyl sites for hydroxylation is 1. The first kappa shape index (κ1) is 12.6. The van der Waals surface area contributed by atoms with Crippen molar-refractivity contribution in [3.63, 3.8) is 0 Å². The van der Waals surface area contributed by atoms with Gasteiger partial charge in [0.05, 0.1) is 5.02 Å². The van der Waals surface area contributed by atoms with Gasteiger partial charge < -0.3 is 5.73 Å². The van der Waals surface area contributed by atoms with E-state index in [-0.39, 0.29) is 11.1 Å². The zero-order valence-electron chi connectivity index (χ0n) is 9.20. The molecule has 0 bridgehead atoms. The van der Waals surface area contributed by atoms with Crippen LogP contribution in [0, 0.1) is 5.82 Å². The monoisotopic (exact) mass is 269 g/mol. The molecular weight excluding hydrogens is 257 g/mol. The first-order valence-corrected chi connectivity index (χ1v) is 6.66. The van der Waals surface area contributed by atoms with Crippen LogP contribution in [0.3, 0.4) is 0 Å². The van der Waals surface area contributed by atoms with Crippen molar-refractivity contribution in [1.29, 1.82) is 0 Å². The van der Waals surface area contributed by atoms with Crippen molar-refractivity contribution in [2.75, 3.05) is 0 Å². The first-order valence-electron chi connectivity index (χ1n) is 5.40. The molecule has 0 spiro atoms. The highest BCUT2D eigenvalue weighted by molar-refractivity contribution is 7.09. The van der Waals surface area contributed by atoms with Gasteiger partial charge in [-0.25, -0.2) is 4.39 Å². The van der Waals surface area contributed by atoms with E-state index in [9.17, 15) is 4.39 Å². The number of rotatable bonds is 4. The van der Waals surface area contributed by atoms with E-state index in [1.54, 1.807) is 23.5 Å². The summed E-state index contributed by atoms with van der Waals surface area (Å²) in [6.07, 6.45) is 1.66. The van der Waals surface area contributed by atoms with Crippen LogP contribution in [0.1, 0.15) is 22.9 Å². The van der Waals surface area contributed by atoms with E-state index in [0.29, 0.717) is 5.56 Å². The summed E-state index contributed by atoms with van der Waals surface area (Å²) in [5, 5.41) is 2.18. The van der Waals surface area contributed by atoms with Crippen molar-refractivity contribution >= 4 is 22.9 Å². The molecule has 2 N–H and O–H groups in total. The lowest BCUT2D eigenvalue weighted by atomic mass is 10.0. The van der Waals surface area contributed by atoms with Crippen LogP contribution < -0.4 is 5.73 Å². The second-order valence-electron chi connectivity index (χ2n) is 3.87. The molecule has 0 saturated carbocycles. The Morgan fingerprint density at radius 2 is 2.12 bits per heavy atom. The summed E-state index contributed by atoms with van der Waals surface area (Å²) >= 11 is 7.60. The molecular formula is C13H13ClFNS. The summed E-state index contributed by atoms with van der Waals surface area (Å²) in [6.45, 7) is 0. The molecule has 1 nitrogen and oxygen atoms in total. The lowest BCUT2D eigenvalue weighted by Crippen LogP contribution is -2.12. The van der Waals surface area contributed by atoms with E-state index < -0.39 is 5.82 Å². The smallest absolute Gasteiger partial charge is 0.142 e. The van der Waals surface area contributed by atoms with Crippen LogP contribution in [0.2, 0.25) is 5.02 Å². The molecule has 4 heteroatoms.